The number of ether oxygens (including phenoxy) is 3. The van der Waals surface area contributed by atoms with E-state index in [1.807, 2.05) is 11.8 Å². The summed E-state index contributed by atoms with van der Waals surface area (Å²) in [6, 6.07) is 5.07. The molecule has 10 nitrogen and oxygen atoms in total. The van der Waals surface area contributed by atoms with Crippen molar-refractivity contribution in [2.75, 3.05) is 45.4 Å². The van der Waals surface area contributed by atoms with Crippen LogP contribution in [0, 0.1) is 6.92 Å². The van der Waals surface area contributed by atoms with Crippen molar-refractivity contribution in [2.45, 2.75) is 18.4 Å². The van der Waals surface area contributed by atoms with Crippen molar-refractivity contribution < 1.29 is 22.6 Å². The summed E-state index contributed by atoms with van der Waals surface area (Å²) in [7, 11) is -0.957. The minimum absolute atomic E-state index is 0.0597. The number of aromatic nitrogens is 3. The molecule has 11 heteroatoms. The Morgan fingerprint density at radius 3 is 2.57 bits per heavy atom. The molecule has 2 aromatic rings. The Morgan fingerprint density at radius 2 is 1.89 bits per heavy atom. The lowest BCUT2D eigenvalue weighted by Crippen LogP contribution is -2.37. The third-order valence-electron chi connectivity index (χ3n) is 4.15. The highest BCUT2D eigenvalue weighted by atomic mass is 32.2. The zero-order valence-corrected chi connectivity index (χ0v) is 16.8. The second-order valence-electron chi connectivity index (χ2n) is 6.12. The Hall–Kier alpha value is -2.50. The number of anilines is 1. The first-order valence-electron chi connectivity index (χ1n) is 8.69. The fraction of sp³-hybridized carbons (Fsp3) is 0.471. The van der Waals surface area contributed by atoms with Crippen LogP contribution in [0.2, 0.25) is 0 Å². The van der Waals surface area contributed by atoms with Gasteiger partial charge >= 0.3 is 6.01 Å². The maximum atomic E-state index is 12.8. The van der Waals surface area contributed by atoms with Gasteiger partial charge in [-0.3, -0.25) is 0 Å². The number of hydrogen-bond donors (Lipinski definition) is 1. The number of morpholine rings is 1. The average Bonchev–Trinajstić information content (AvgIpc) is 2.72. The predicted molar refractivity (Wildman–Crippen MR) is 101 cm³/mol. The van der Waals surface area contributed by atoms with E-state index < -0.39 is 10.0 Å². The topological polar surface area (TPSA) is 116 Å². The van der Waals surface area contributed by atoms with Gasteiger partial charge in [0.1, 0.15) is 10.6 Å². The maximum Gasteiger partial charge on any atom is 0.321 e. The normalized spacial score (nSPS) is 14.8. The largest absolute Gasteiger partial charge is 0.495 e. The maximum absolute atomic E-state index is 12.8. The number of nitrogens with one attached hydrogen (secondary N) is 1. The molecule has 0 bridgehead atoms. The third kappa shape index (κ3) is 4.66. The van der Waals surface area contributed by atoms with Crippen molar-refractivity contribution in [3.05, 3.63) is 29.6 Å². The van der Waals surface area contributed by atoms with Crippen LogP contribution in [0.1, 0.15) is 11.4 Å². The second kappa shape index (κ2) is 8.67. The molecule has 0 saturated carbocycles. The summed E-state index contributed by atoms with van der Waals surface area (Å²) >= 11 is 0. The summed E-state index contributed by atoms with van der Waals surface area (Å²) in [4.78, 5) is 14.8. The fourth-order valence-corrected chi connectivity index (χ4v) is 3.92. The summed E-state index contributed by atoms with van der Waals surface area (Å²) in [6.07, 6.45) is 0. The number of nitrogens with zero attached hydrogens (tertiary/aromatic N) is 4. The molecule has 152 valence electrons. The molecule has 0 radical (unpaired) electrons. The van der Waals surface area contributed by atoms with Crippen LogP contribution in [0.25, 0.3) is 0 Å². The smallest absolute Gasteiger partial charge is 0.321 e. The minimum atomic E-state index is -3.83. The van der Waals surface area contributed by atoms with Gasteiger partial charge in [-0.25, -0.2) is 13.1 Å². The Kier molecular flexibility index (Phi) is 6.27. The van der Waals surface area contributed by atoms with Crippen molar-refractivity contribution >= 4 is 16.0 Å². The first-order chi connectivity index (χ1) is 13.4. The second-order valence-corrected chi connectivity index (χ2v) is 7.85. The lowest BCUT2D eigenvalue weighted by Gasteiger charge is -2.26. The summed E-state index contributed by atoms with van der Waals surface area (Å²) in [5.41, 5.74) is 0.803. The van der Waals surface area contributed by atoms with E-state index in [1.54, 1.807) is 18.2 Å². The van der Waals surface area contributed by atoms with Crippen molar-refractivity contribution in [1.82, 2.24) is 19.7 Å². The molecule has 1 N–H and O–H groups in total. The van der Waals surface area contributed by atoms with Gasteiger partial charge in [0.25, 0.3) is 0 Å². The summed E-state index contributed by atoms with van der Waals surface area (Å²) in [5, 5.41) is 0. The molecule has 1 fully saturated rings. The highest BCUT2D eigenvalue weighted by molar-refractivity contribution is 7.89. The van der Waals surface area contributed by atoms with Crippen molar-refractivity contribution in [3.8, 4) is 11.8 Å². The van der Waals surface area contributed by atoms with E-state index in [9.17, 15) is 8.42 Å². The molecule has 0 atom stereocenters. The van der Waals surface area contributed by atoms with Crippen molar-refractivity contribution in [1.29, 1.82) is 0 Å². The van der Waals surface area contributed by atoms with Crippen molar-refractivity contribution in [2.24, 2.45) is 0 Å². The third-order valence-corrected chi connectivity index (χ3v) is 5.58. The minimum Gasteiger partial charge on any atom is -0.495 e. The Morgan fingerprint density at radius 1 is 1.14 bits per heavy atom. The predicted octanol–water partition coefficient (Wildman–Crippen LogP) is 0.512. The van der Waals surface area contributed by atoms with Gasteiger partial charge in [0.2, 0.25) is 16.0 Å². The van der Waals surface area contributed by atoms with Crippen LogP contribution >= 0.6 is 0 Å². The Bertz CT molecular complexity index is 932. The van der Waals surface area contributed by atoms with Crippen LogP contribution < -0.4 is 19.1 Å². The van der Waals surface area contributed by atoms with Gasteiger partial charge in [0.15, 0.2) is 5.82 Å². The molecule has 0 spiro atoms. The fourth-order valence-electron chi connectivity index (χ4n) is 2.69. The van der Waals surface area contributed by atoms with Crippen LogP contribution in [0.5, 0.6) is 11.8 Å². The molecule has 2 heterocycles. The number of sulfonamides is 1. The van der Waals surface area contributed by atoms with Crippen LogP contribution in [-0.4, -0.2) is 63.9 Å². The first kappa shape index (κ1) is 20.2. The summed E-state index contributed by atoms with van der Waals surface area (Å²) < 4.78 is 43.7. The lowest BCUT2D eigenvalue weighted by molar-refractivity contribution is 0.122. The SMILES string of the molecule is COc1nc(CNS(=O)(=O)c2cc(C)ccc2OC)nc(N2CCOCC2)n1. The molecule has 28 heavy (non-hydrogen) atoms. The number of hydrogen-bond acceptors (Lipinski definition) is 9. The number of methoxy groups -OCH3 is 2. The average molecular weight is 409 g/mol. The van der Waals surface area contributed by atoms with E-state index >= 15 is 0 Å². The van der Waals surface area contributed by atoms with Gasteiger partial charge < -0.3 is 19.1 Å². The highest BCUT2D eigenvalue weighted by Crippen LogP contribution is 2.24. The quantitative estimate of drug-likeness (QED) is 0.698. The van der Waals surface area contributed by atoms with Gasteiger partial charge in [-0.1, -0.05) is 6.07 Å². The van der Waals surface area contributed by atoms with Crippen molar-refractivity contribution in [3.63, 3.8) is 0 Å². The van der Waals surface area contributed by atoms with E-state index in [0.29, 0.717) is 32.3 Å². The van der Waals surface area contributed by atoms with Gasteiger partial charge in [-0.2, -0.15) is 15.0 Å². The summed E-state index contributed by atoms with van der Waals surface area (Å²) in [5.74, 6) is 0.946. The number of rotatable bonds is 7. The summed E-state index contributed by atoms with van der Waals surface area (Å²) in [6.45, 7) is 4.11. The number of benzene rings is 1. The lowest BCUT2D eigenvalue weighted by atomic mass is 10.2. The molecule has 0 amide bonds. The van der Waals surface area contributed by atoms with Crippen LogP contribution in [-0.2, 0) is 21.3 Å². The molecule has 1 aliphatic heterocycles. The Labute approximate surface area is 163 Å². The molecule has 1 aromatic carbocycles. The van der Waals surface area contributed by atoms with Gasteiger partial charge in [-0.15, -0.1) is 0 Å². The molecule has 1 saturated heterocycles. The molecule has 0 aliphatic carbocycles. The molecule has 3 rings (SSSR count). The highest BCUT2D eigenvalue weighted by Gasteiger charge is 2.21. The standard InChI is InChI=1S/C17H23N5O5S/c1-12-4-5-13(25-2)14(10-12)28(23,24)18-11-15-19-16(21-17(20-15)26-3)22-6-8-27-9-7-22/h4-5,10,18H,6-9,11H2,1-3H3. The zero-order chi connectivity index (χ0) is 20.1. The van der Waals surface area contributed by atoms with Crippen LogP contribution in [0.4, 0.5) is 5.95 Å². The van der Waals surface area contributed by atoms with E-state index in [4.69, 9.17) is 14.2 Å². The Balaban J connectivity index is 1.82. The van der Waals surface area contributed by atoms with Gasteiger partial charge in [0, 0.05) is 13.1 Å². The van der Waals surface area contributed by atoms with E-state index in [1.165, 1.54) is 14.2 Å². The number of aryl methyl sites for hydroxylation is 1. The van der Waals surface area contributed by atoms with Gasteiger partial charge in [-0.05, 0) is 24.6 Å². The molecular formula is C17H23N5O5S. The molecule has 0 unspecified atom stereocenters. The molecule has 1 aromatic heterocycles. The molecule has 1 aliphatic rings. The van der Waals surface area contributed by atoms with E-state index in [-0.39, 0.29) is 29.0 Å². The van der Waals surface area contributed by atoms with E-state index in [0.717, 1.165) is 5.56 Å². The first-order valence-corrected chi connectivity index (χ1v) is 10.2. The monoisotopic (exact) mass is 409 g/mol. The van der Waals surface area contributed by atoms with Crippen LogP contribution in [0.3, 0.4) is 0 Å². The zero-order valence-electron chi connectivity index (χ0n) is 16.0. The van der Waals surface area contributed by atoms with Crippen LogP contribution in [0.15, 0.2) is 23.1 Å². The van der Waals surface area contributed by atoms with E-state index in [2.05, 4.69) is 19.7 Å². The molecular weight excluding hydrogens is 386 g/mol. The van der Waals surface area contributed by atoms with Gasteiger partial charge in [0.05, 0.1) is 34.0 Å².